The van der Waals surface area contributed by atoms with Gasteiger partial charge in [-0.15, -0.1) is 11.3 Å². The molecular weight excluding hydrogens is 292 g/mol. The molecule has 2 rings (SSSR count). The first-order chi connectivity index (χ1) is 8.49. The first kappa shape index (κ1) is 13.4. The Morgan fingerprint density at radius 2 is 2.28 bits per heavy atom. The SMILES string of the molecule is Cc1nc(N)sc1S(=O)(=O)NCCc1cscn1. The first-order valence-corrected chi connectivity index (χ1v) is 8.33. The van der Waals surface area contributed by atoms with Gasteiger partial charge in [-0.2, -0.15) is 0 Å². The molecule has 2 heterocycles. The smallest absolute Gasteiger partial charge is 0.252 e. The number of anilines is 1. The van der Waals surface area contributed by atoms with E-state index < -0.39 is 10.0 Å². The van der Waals surface area contributed by atoms with Gasteiger partial charge in [-0.05, 0) is 6.92 Å². The Morgan fingerprint density at radius 3 is 2.83 bits per heavy atom. The number of rotatable bonds is 5. The van der Waals surface area contributed by atoms with Gasteiger partial charge in [0, 0.05) is 18.3 Å². The normalized spacial score (nSPS) is 11.8. The van der Waals surface area contributed by atoms with E-state index in [0.717, 1.165) is 17.0 Å². The molecule has 2 aromatic rings. The van der Waals surface area contributed by atoms with Gasteiger partial charge < -0.3 is 5.73 Å². The summed E-state index contributed by atoms with van der Waals surface area (Å²) < 4.78 is 26.7. The average Bonchev–Trinajstić information content (AvgIpc) is 2.88. The molecule has 0 atom stereocenters. The molecule has 0 aliphatic rings. The Kier molecular flexibility index (Phi) is 3.95. The summed E-state index contributed by atoms with van der Waals surface area (Å²) in [6, 6.07) is 0. The quantitative estimate of drug-likeness (QED) is 0.859. The fraction of sp³-hybridized carbons (Fsp3) is 0.333. The van der Waals surface area contributed by atoms with E-state index in [1.165, 1.54) is 11.3 Å². The molecule has 3 N–H and O–H groups in total. The number of aryl methyl sites for hydroxylation is 1. The number of nitrogens with zero attached hydrogens (tertiary/aromatic N) is 2. The lowest BCUT2D eigenvalue weighted by Gasteiger charge is -2.03. The van der Waals surface area contributed by atoms with Crippen LogP contribution in [0.2, 0.25) is 0 Å². The first-order valence-electron chi connectivity index (χ1n) is 5.08. The van der Waals surface area contributed by atoms with Gasteiger partial charge in [0.2, 0.25) is 0 Å². The van der Waals surface area contributed by atoms with Crippen molar-refractivity contribution < 1.29 is 8.42 Å². The fourth-order valence-corrected chi connectivity index (χ4v) is 4.36. The Balaban J connectivity index is 2.02. The predicted molar refractivity (Wildman–Crippen MR) is 72.3 cm³/mol. The summed E-state index contributed by atoms with van der Waals surface area (Å²) in [7, 11) is -3.52. The van der Waals surface area contributed by atoms with Gasteiger partial charge in [0.1, 0.15) is 0 Å². The number of nitrogens with two attached hydrogens (primary N) is 1. The van der Waals surface area contributed by atoms with Gasteiger partial charge in [0.05, 0.1) is 16.9 Å². The Labute approximate surface area is 113 Å². The molecule has 2 aromatic heterocycles. The zero-order valence-electron chi connectivity index (χ0n) is 9.58. The van der Waals surface area contributed by atoms with E-state index in [2.05, 4.69) is 14.7 Å². The number of nitrogen functional groups attached to an aromatic ring is 1. The highest BCUT2D eigenvalue weighted by atomic mass is 32.2. The summed E-state index contributed by atoms with van der Waals surface area (Å²) in [6.45, 7) is 1.94. The van der Waals surface area contributed by atoms with Crippen LogP contribution in [-0.4, -0.2) is 24.9 Å². The summed E-state index contributed by atoms with van der Waals surface area (Å²) in [4.78, 5) is 7.99. The predicted octanol–water partition coefficient (Wildman–Crippen LogP) is 1.01. The Morgan fingerprint density at radius 1 is 1.50 bits per heavy atom. The van der Waals surface area contributed by atoms with Gasteiger partial charge in [0.25, 0.3) is 10.0 Å². The third-order valence-electron chi connectivity index (χ3n) is 2.17. The van der Waals surface area contributed by atoms with Crippen LogP contribution in [0.5, 0.6) is 0 Å². The molecule has 0 aliphatic heterocycles. The minimum absolute atomic E-state index is 0.179. The Bertz CT molecular complexity index is 618. The molecule has 0 spiro atoms. The highest BCUT2D eigenvalue weighted by molar-refractivity contribution is 7.91. The number of nitrogens with one attached hydrogen (secondary N) is 1. The van der Waals surface area contributed by atoms with Crippen molar-refractivity contribution in [2.45, 2.75) is 17.6 Å². The molecule has 0 unspecified atom stereocenters. The van der Waals surface area contributed by atoms with Crippen LogP contribution in [0.25, 0.3) is 0 Å². The fourth-order valence-electron chi connectivity index (χ4n) is 1.39. The summed E-state index contributed by atoms with van der Waals surface area (Å²) in [5, 5.41) is 2.15. The summed E-state index contributed by atoms with van der Waals surface area (Å²) >= 11 is 2.46. The number of hydrogen-bond acceptors (Lipinski definition) is 7. The van der Waals surface area contributed by atoms with Crippen molar-refractivity contribution in [3.8, 4) is 0 Å². The van der Waals surface area contributed by atoms with Crippen LogP contribution < -0.4 is 10.5 Å². The lowest BCUT2D eigenvalue weighted by Crippen LogP contribution is -2.25. The number of sulfonamides is 1. The molecule has 0 saturated heterocycles. The third kappa shape index (κ3) is 3.05. The maximum absolute atomic E-state index is 12.0. The lowest BCUT2D eigenvalue weighted by molar-refractivity contribution is 0.582. The number of hydrogen-bond donors (Lipinski definition) is 2. The van der Waals surface area contributed by atoms with Crippen molar-refractivity contribution >= 4 is 37.8 Å². The molecule has 0 amide bonds. The molecule has 9 heteroatoms. The van der Waals surface area contributed by atoms with Crippen molar-refractivity contribution in [3.05, 3.63) is 22.3 Å². The second-order valence-corrected chi connectivity index (χ2v) is 7.26. The van der Waals surface area contributed by atoms with E-state index >= 15 is 0 Å². The molecule has 0 bridgehead atoms. The molecule has 0 fully saturated rings. The minimum atomic E-state index is -3.52. The van der Waals surface area contributed by atoms with Crippen molar-refractivity contribution in [3.63, 3.8) is 0 Å². The molecular formula is C9H12N4O2S3. The number of aromatic nitrogens is 2. The van der Waals surface area contributed by atoms with Crippen LogP contribution in [0.1, 0.15) is 11.4 Å². The van der Waals surface area contributed by atoms with Crippen LogP contribution in [-0.2, 0) is 16.4 Å². The lowest BCUT2D eigenvalue weighted by atomic mass is 10.3. The van der Waals surface area contributed by atoms with Crippen molar-refractivity contribution in [2.75, 3.05) is 12.3 Å². The van der Waals surface area contributed by atoms with Crippen LogP contribution in [0.4, 0.5) is 5.13 Å². The molecule has 6 nitrogen and oxygen atoms in total. The molecule has 0 radical (unpaired) electrons. The number of thiazole rings is 2. The van der Waals surface area contributed by atoms with Crippen LogP contribution in [0, 0.1) is 6.92 Å². The highest BCUT2D eigenvalue weighted by Gasteiger charge is 2.20. The molecule has 98 valence electrons. The van der Waals surface area contributed by atoms with Crippen LogP contribution in [0.3, 0.4) is 0 Å². The van der Waals surface area contributed by atoms with E-state index in [9.17, 15) is 8.42 Å². The largest absolute Gasteiger partial charge is 0.375 e. The maximum atomic E-state index is 12.0. The summed E-state index contributed by atoms with van der Waals surface area (Å²) in [5.74, 6) is 0. The van der Waals surface area contributed by atoms with Gasteiger partial charge in [-0.3, -0.25) is 0 Å². The van der Waals surface area contributed by atoms with E-state index in [-0.39, 0.29) is 9.34 Å². The van der Waals surface area contributed by atoms with Gasteiger partial charge in [-0.1, -0.05) is 11.3 Å². The molecule has 0 aliphatic carbocycles. The van der Waals surface area contributed by atoms with E-state index in [4.69, 9.17) is 5.73 Å². The van der Waals surface area contributed by atoms with Gasteiger partial charge in [-0.25, -0.2) is 23.1 Å². The third-order valence-corrected chi connectivity index (χ3v) is 5.86. The van der Waals surface area contributed by atoms with Crippen LogP contribution >= 0.6 is 22.7 Å². The average molecular weight is 304 g/mol. The maximum Gasteiger partial charge on any atom is 0.252 e. The Hall–Kier alpha value is -1.03. The van der Waals surface area contributed by atoms with E-state index in [1.54, 1.807) is 12.4 Å². The van der Waals surface area contributed by atoms with Crippen LogP contribution in [0.15, 0.2) is 15.1 Å². The van der Waals surface area contributed by atoms with Crippen molar-refractivity contribution in [1.82, 2.24) is 14.7 Å². The molecule has 0 saturated carbocycles. The molecule has 0 aromatic carbocycles. The standard InChI is InChI=1S/C9H12N4O2S3/c1-6-8(17-9(10)13-6)18(14,15)12-3-2-7-4-16-5-11-7/h4-5,12H,2-3H2,1H3,(H2,10,13). The summed E-state index contributed by atoms with van der Waals surface area (Å²) in [5.41, 5.74) is 8.52. The zero-order chi connectivity index (χ0) is 13.2. The van der Waals surface area contributed by atoms with Crippen molar-refractivity contribution in [2.24, 2.45) is 0 Å². The van der Waals surface area contributed by atoms with E-state index in [0.29, 0.717) is 18.7 Å². The highest BCUT2D eigenvalue weighted by Crippen LogP contribution is 2.24. The second-order valence-electron chi connectivity index (χ2n) is 3.55. The second kappa shape index (κ2) is 5.31. The monoisotopic (exact) mass is 304 g/mol. The van der Waals surface area contributed by atoms with Crippen molar-refractivity contribution in [1.29, 1.82) is 0 Å². The van der Waals surface area contributed by atoms with Gasteiger partial charge >= 0.3 is 0 Å². The summed E-state index contributed by atoms with van der Waals surface area (Å²) in [6.07, 6.45) is 0.566. The minimum Gasteiger partial charge on any atom is -0.375 e. The van der Waals surface area contributed by atoms with E-state index in [1.807, 2.05) is 5.38 Å². The zero-order valence-corrected chi connectivity index (χ0v) is 12.0. The van der Waals surface area contributed by atoms with Gasteiger partial charge in [0.15, 0.2) is 9.34 Å². The topological polar surface area (TPSA) is 98.0 Å². The molecule has 18 heavy (non-hydrogen) atoms.